The second kappa shape index (κ2) is 10.1. The monoisotopic (exact) mass is 432 g/mol. The van der Waals surface area contributed by atoms with Crippen LogP contribution in [0.3, 0.4) is 0 Å². The van der Waals surface area contributed by atoms with Crippen LogP contribution >= 0.6 is 0 Å². The van der Waals surface area contributed by atoms with Crippen molar-refractivity contribution >= 4 is 28.9 Å². The predicted molar refractivity (Wildman–Crippen MR) is 117 cm³/mol. The van der Waals surface area contributed by atoms with Crippen molar-refractivity contribution in [1.29, 1.82) is 5.26 Å². The number of hydrogen-bond acceptors (Lipinski definition) is 7. The van der Waals surface area contributed by atoms with Gasteiger partial charge in [-0.1, -0.05) is 12.1 Å². The van der Waals surface area contributed by atoms with Crippen LogP contribution in [0.2, 0.25) is 0 Å². The molecular weight excluding hydrogens is 412 g/mol. The molecule has 0 radical (unpaired) electrons. The molecule has 0 fully saturated rings. The van der Waals surface area contributed by atoms with Crippen LogP contribution < -0.4 is 20.4 Å². The number of nitrogens with one attached hydrogen (secondary N) is 1. The lowest BCUT2D eigenvalue weighted by Crippen LogP contribution is -2.27. The standard InChI is InChI=1S/C24H20N2O6/c1-3-26-22(27)20-12-16-7-10-19(13-21(16)32-24(20)29)31-23(28)17(14-25)11-15-5-8-18(9-6-15)30-4-2/h5-13H,3-4H2,1-2H3,(H,26,27)/b17-11+. The van der Waals surface area contributed by atoms with E-state index in [1.54, 1.807) is 37.3 Å². The summed E-state index contributed by atoms with van der Waals surface area (Å²) in [5, 5.41) is 12.4. The number of esters is 1. The second-order valence-corrected chi connectivity index (χ2v) is 6.57. The summed E-state index contributed by atoms with van der Waals surface area (Å²) in [4.78, 5) is 36.5. The van der Waals surface area contributed by atoms with Crippen molar-refractivity contribution < 1.29 is 23.5 Å². The zero-order valence-electron chi connectivity index (χ0n) is 17.5. The van der Waals surface area contributed by atoms with Crippen LogP contribution in [-0.2, 0) is 4.79 Å². The van der Waals surface area contributed by atoms with Gasteiger partial charge in [0.15, 0.2) is 0 Å². The maximum Gasteiger partial charge on any atom is 0.354 e. The Kier molecular flexibility index (Phi) is 7.03. The minimum Gasteiger partial charge on any atom is -0.494 e. The zero-order valence-corrected chi connectivity index (χ0v) is 17.5. The SMILES string of the molecule is CCNC(=O)c1cc2ccc(OC(=O)/C(C#N)=C/c3ccc(OCC)cc3)cc2oc1=O. The molecule has 162 valence electrons. The van der Waals surface area contributed by atoms with E-state index in [-0.39, 0.29) is 22.5 Å². The van der Waals surface area contributed by atoms with E-state index in [2.05, 4.69) is 5.32 Å². The van der Waals surface area contributed by atoms with Crippen molar-refractivity contribution in [2.75, 3.05) is 13.2 Å². The smallest absolute Gasteiger partial charge is 0.354 e. The lowest BCUT2D eigenvalue weighted by molar-refractivity contribution is -0.129. The molecule has 3 aromatic rings. The number of fused-ring (bicyclic) bond motifs is 1. The second-order valence-electron chi connectivity index (χ2n) is 6.57. The van der Waals surface area contributed by atoms with Crippen molar-refractivity contribution in [2.24, 2.45) is 0 Å². The summed E-state index contributed by atoms with van der Waals surface area (Å²) in [5.74, 6) is -0.623. The number of carbonyl (C=O) groups excluding carboxylic acids is 2. The highest BCUT2D eigenvalue weighted by Gasteiger charge is 2.16. The highest BCUT2D eigenvalue weighted by molar-refractivity contribution is 5.99. The van der Waals surface area contributed by atoms with Gasteiger partial charge in [-0.15, -0.1) is 0 Å². The van der Waals surface area contributed by atoms with Gasteiger partial charge in [0.25, 0.3) is 5.91 Å². The van der Waals surface area contributed by atoms with E-state index >= 15 is 0 Å². The van der Waals surface area contributed by atoms with Gasteiger partial charge in [-0.2, -0.15) is 5.26 Å². The number of hydrogen-bond donors (Lipinski definition) is 1. The number of carbonyl (C=O) groups is 2. The van der Waals surface area contributed by atoms with Gasteiger partial charge in [0.05, 0.1) is 6.61 Å². The summed E-state index contributed by atoms with van der Waals surface area (Å²) in [7, 11) is 0. The van der Waals surface area contributed by atoms with Gasteiger partial charge in [0, 0.05) is 18.0 Å². The number of nitriles is 1. The molecule has 0 saturated carbocycles. The fraction of sp³-hybridized carbons (Fsp3) is 0.167. The first-order valence-electron chi connectivity index (χ1n) is 9.88. The topological polar surface area (TPSA) is 119 Å². The summed E-state index contributed by atoms with van der Waals surface area (Å²) in [6.07, 6.45) is 1.40. The third-order valence-corrected chi connectivity index (χ3v) is 4.34. The Balaban J connectivity index is 1.81. The third kappa shape index (κ3) is 5.21. The molecule has 0 bridgehead atoms. The van der Waals surface area contributed by atoms with Crippen LogP contribution in [-0.4, -0.2) is 25.0 Å². The Morgan fingerprint density at radius 2 is 1.81 bits per heavy atom. The minimum atomic E-state index is -0.859. The molecule has 0 spiro atoms. The zero-order chi connectivity index (χ0) is 23.1. The Bertz CT molecular complexity index is 1280. The van der Waals surface area contributed by atoms with Gasteiger partial charge >= 0.3 is 11.6 Å². The molecule has 1 aromatic heterocycles. The highest BCUT2D eigenvalue weighted by atomic mass is 16.5. The molecule has 2 aromatic carbocycles. The van der Waals surface area contributed by atoms with Crippen molar-refractivity contribution in [3.05, 3.63) is 75.7 Å². The fourth-order valence-corrected chi connectivity index (χ4v) is 2.86. The van der Waals surface area contributed by atoms with Crippen molar-refractivity contribution in [3.63, 3.8) is 0 Å². The molecule has 32 heavy (non-hydrogen) atoms. The van der Waals surface area contributed by atoms with Crippen LogP contribution in [0.1, 0.15) is 29.8 Å². The highest BCUT2D eigenvalue weighted by Crippen LogP contribution is 2.22. The molecule has 1 N–H and O–H groups in total. The molecule has 8 nitrogen and oxygen atoms in total. The average molecular weight is 432 g/mol. The van der Waals surface area contributed by atoms with E-state index in [1.807, 2.05) is 13.0 Å². The summed E-state index contributed by atoms with van der Waals surface area (Å²) in [6.45, 7) is 4.51. The molecule has 0 aliphatic heterocycles. The lowest BCUT2D eigenvalue weighted by atomic mass is 10.1. The summed E-state index contributed by atoms with van der Waals surface area (Å²) in [6, 6.07) is 14.5. The normalized spacial score (nSPS) is 11.0. The lowest BCUT2D eigenvalue weighted by Gasteiger charge is -2.06. The maximum absolute atomic E-state index is 12.5. The Hall–Kier alpha value is -4.38. The number of rotatable bonds is 7. The van der Waals surface area contributed by atoms with Gasteiger partial charge in [-0.05, 0) is 55.8 Å². The minimum absolute atomic E-state index is 0.0873. The average Bonchev–Trinajstić information content (AvgIpc) is 2.78. The van der Waals surface area contributed by atoms with E-state index in [0.29, 0.717) is 29.9 Å². The first-order chi connectivity index (χ1) is 15.4. The molecule has 0 saturated heterocycles. The van der Waals surface area contributed by atoms with Crippen LogP contribution in [0.15, 0.2) is 63.3 Å². The summed E-state index contributed by atoms with van der Waals surface area (Å²) < 4.78 is 15.8. The molecule has 0 unspecified atom stereocenters. The molecule has 0 aliphatic carbocycles. The number of nitrogens with zero attached hydrogens (tertiary/aromatic N) is 1. The molecule has 0 atom stereocenters. The van der Waals surface area contributed by atoms with E-state index in [4.69, 9.17) is 13.9 Å². The van der Waals surface area contributed by atoms with Crippen molar-refractivity contribution in [2.45, 2.75) is 13.8 Å². The van der Waals surface area contributed by atoms with Gasteiger partial charge in [-0.3, -0.25) is 4.79 Å². The molecule has 1 amide bonds. The van der Waals surface area contributed by atoms with Gasteiger partial charge in [0.2, 0.25) is 0 Å². The third-order valence-electron chi connectivity index (χ3n) is 4.34. The molecule has 8 heteroatoms. The van der Waals surface area contributed by atoms with Crippen molar-refractivity contribution in [3.8, 4) is 17.6 Å². The molecular formula is C24H20N2O6. The van der Waals surface area contributed by atoms with Crippen LogP contribution in [0.25, 0.3) is 17.0 Å². The van der Waals surface area contributed by atoms with Crippen LogP contribution in [0.4, 0.5) is 0 Å². The van der Waals surface area contributed by atoms with Gasteiger partial charge in [-0.25, -0.2) is 9.59 Å². The fourth-order valence-electron chi connectivity index (χ4n) is 2.86. The van der Waals surface area contributed by atoms with Gasteiger partial charge < -0.3 is 19.2 Å². The first-order valence-corrected chi connectivity index (χ1v) is 9.88. The van der Waals surface area contributed by atoms with Crippen molar-refractivity contribution in [1.82, 2.24) is 5.32 Å². The maximum atomic E-state index is 12.5. The quantitative estimate of drug-likeness (QED) is 0.200. The number of benzene rings is 2. The Morgan fingerprint density at radius 1 is 1.09 bits per heavy atom. The van der Waals surface area contributed by atoms with E-state index < -0.39 is 17.5 Å². The van der Waals surface area contributed by atoms with Gasteiger partial charge in [0.1, 0.15) is 34.3 Å². The Labute approximate surface area is 183 Å². The molecule has 3 rings (SSSR count). The number of amides is 1. The summed E-state index contributed by atoms with van der Waals surface area (Å²) in [5.41, 5.74) is -0.358. The number of ether oxygens (including phenoxy) is 2. The van der Waals surface area contributed by atoms with E-state index in [1.165, 1.54) is 24.3 Å². The Morgan fingerprint density at radius 3 is 2.47 bits per heavy atom. The van der Waals surface area contributed by atoms with E-state index in [0.717, 1.165) is 0 Å². The largest absolute Gasteiger partial charge is 0.494 e. The van der Waals surface area contributed by atoms with Crippen LogP contribution in [0, 0.1) is 11.3 Å². The van der Waals surface area contributed by atoms with Crippen LogP contribution in [0.5, 0.6) is 11.5 Å². The van der Waals surface area contributed by atoms with E-state index in [9.17, 15) is 19.6 Å². The first kappa shape index (κ1) is 22.3. The molecule has 1 heterocycles. The molecule has 0 aliphatic rings. The predicted octanol–water partition coefficient (Wildman–Crippen LogP) is 3.45. The summed E-state index contributed by atoms with van der Waals surface area (Å²) >= 11 is 0.